The Morgan fingerprint density at radius 1 is 0.774 bits per heavy atom. The molecule has 0 aliphatic carbocycles. The molecule has 0 saturated carbocycles. The Morgan fingerprint density at radius 3 is 1.94 bits per heavy atom. The van der Waals surface area contributed by atoms with Crippen LogP contribution in [0.2, 0.25) is 0 Å². The van der Waals surface area contributed by atoms with Crippen LogP contribution in [0.4, 0.5) is 0 Å². The van der Waals surface area contributed by atoms with Crippen molar-refractivity contribution in [3.8, 4) is 11.5 Å². The number of esters is 1. The second-order valence-electron chi connectivity index (χ2n) is 6.79. The highest BCUT2D eigenvalue weighted by molar-refractivity contribution is 8.13. The predicted molar refractivity (Wildman–Crippen MR) is 120 cm³/mol. The Labute approximate surface area is 186 Å². The van der Waals surface area contributed by atoms with Crippen LogP contribution in [0, 0.1) is 5.92 Å². The standard InChI is InChI=1S/C25H24O5S/c1-28-20-10-8-19(9-11-20)17-30-24(26)23(16-18-6-4-3-5-7-18)25(27)31-22-14-12-21(29-2)13-15-22/h3-15,23H,16-17H2,1-2H3. The van der Waals surface area contributed by atoms with Crippen molar-refractivity contribution in [3.05, 3.63) is 90.0 Å². The van der Waals surface area contributed by atoms with Gasteiger partial charge < -0.3 is 14.2 Å². The van der Waals surface area contributed by atoms with Gasteiger partial charge in [0.15, 0.2) is 0 Å². The van der Waals surface area contributed by atoms with Crippen molar-refractivity contribution >= 4 is 22.8 Å². The van der Waals surface area contributed by atoms with E-state index in [1.807, 2.05) is 42.5 Å². The molecule has 0 saturated heterocycles. The molecule has 0 aliphatic rings. The van der Waals surface area contributed by atoms with Crippen LogP contribution in [0.15, 0.2) is 83.8 Å². The molecule has 3 rings (SSSR count). The van der Waals surface area contributed by atoms with Crippen LogP contribution in [-0.2, 0) is 27.4 Å². The molecule has 0 bridgehead atoms. The number of benzene rings is 3. The maximum Gasteiger partial charge on any atom is 0.318 e. The molecule has 0 amide bonds. The molecule has 0 radical (unpaired) electrons. The fourth-order valence-corrected chi connectivity index (χ4v) is 3.75. The first-order valence-corrected chi connectivity index (χ1v) is 10.6. The van der Waals surface area contributed by atoms with E-state index in [1.54, 1.807) is 50.6 Å². The molecule has 0 fully saturated rings. The normalized spacial score (nSPS) is 11.4. The quantitative estimate of drug-likeness (QED) is 0.269. The van der Waals surface area contributed by atoms with Crippen molar-refractivity contribution in [2.24, 2.45) is 5.92 Å². The molecule has 0 N–H and O–H groups in total. The Kier molecular flexibility index (Phi) is 8.12. The number of thioether (sulfide) groups is 1. The van der Waals surface area contributed by atoms with Gasteiger partial charge in [0.1, 0.15) is 24.0 Å². The van der Waals surface area contributed by atoms with Crippen molar-refractivity contribution in [3.63, 3.8) is 0 Å². The van der Waals surface area contributed by atoms with Gasteiger partial charge in [0.2, 0.25) is 5.12 Å². The van der Waals surface area contributed by atoms with Gasteiger partial charge in [-0.1, -0.05) is 54.2 Å². The van der Waals surface area contributed by atoms with Crippen LogP contribution < -0.4 is 9.47 Å². The van der Waals surface area contributed by atoms with E-state index < -0.39 is 11.9 Å². The molecule has 31 heavy (non-hydrogen) atoms. The first-order chi connectivity index (χ1) is 15.1. The summed E-state index contributed by atoms with van der Waals surface area (Å²) in [6, 6.07) is 23.9. The van der Waals surface area contributed by atoms with Gasteiger partial charge in [-0.25, -0.2) is 0 Å². The van der Waals surface area contributed by atoms with Crippen LogP contribution in [0.5, 0.6) is 11.5 Å². The van der Waals surface area contributed by atoms with Crippen LogP contribution in [-0.4, -0.2) is 25.3 Å². The summed E-state index contributed by atoms with van der Waals surface area (Å²) in [6.45, 7) is 0.0919. The summed E-state index contributed by atoms with van der Waals surface area (Å²) < 4.78 is 15.8. The minimum Gasteiger partial charge on any atom is -0.497 e. The number of carbonyl (C=O) groups is 2. The lowest BCUT2D eigenvalue weighted by molar-refractivity contribution is -0.151. The van der Waals surface area contributed by atoms with Gasteiger partial charge in [-0.05, 0) is 53.9 Å². The van der Waals surface area contributed by atoms with E-state index in [4.69, 9.17) is 14.2 Å². The summed E-state index contributed by atoms with van der Waals surface area (Å²) in [7, 11) is 3.18. The Bertz CT molecular complexity index is 985. The minimum absolute atomic E-state index is 0.0919. The largest absolute Gasteiger partial charge is 0.497 e. The van der Waals surface area contributed by atoms with Gasteiger partial charge >= 0.3 is 5.97 Å². The topological polar surface area (TPSA) is 61.8 Å². The average Bonchev–Trinajstić information content (AvgIpc) is 2.82. The van der Waals surface area contributed by atoms with Crippen molar-refractivity contribution in [1.29, 1.82) is 0 Å². The molecule has 0 heterocycles. The molecule has 3 aromatic carbocycles. The maximum absolute atomic E-state index is 13.0. The summed E-state index contributed by atoms with van der Waals surface area (Å²) in [4.78, 5) is 26.6. The molecular weight excluding hydrogens is 412 g/mol. The third-order valence-electron chi connectivity index (χ3n) is 4.67. The fourth-order valence-electron chi connectivity index (χ4n) is 2.92. The second kappa shape index (κ2) is 11.2. The summed E-state index contributed by atoms with van der Waals surface area (Å²) in [5, 5.41) is -0.256. The highest BCUT2D eigenvalue weighted by Crippen LogP contribution is 2.27. The Balaban J connectivity index is 1.70. The molecular formula is C25H24O5S. The SMILES string of the molecule is COc1ccc(COC(=O)C(Cc2ccccc2)C(=O)Sc2ccc(OC)cc2)cc1. The number of hydrogen-bond donors (Lipinski definition) is 0. The van der Waals surface area contributed by atoms with Crippen LogP contribution in [0.3, 0.4) is 0 Å². The molecule has 1 atom stereocenters. The zero-order chi connectivity index (χ0) is 22.1. The van der Waals surface area contributed by atoms with Crippen molar-refractivity contribution in [2.45, 2.75) is 17.9 Å². The average molecular weight is 437 g/mol. The van der Waals surface area contributed by atoms with E-state index in [0.717, 1.165) is 33.5 Å². The minimum atomic E-state index is -0.909. The number of rotatable bonds is 9. The Hall–Kier alpha value is -3.25. The monoisotopic (exact) mass is 436 g/mol. The van der Waals surface area contributed by atoms with Gasteiger partial charge in [-0.3, -0.25) is 9.59 Å². The zero-order valence-corrected chi connectivity index (χ0v) is 18.3. The molecule has 160 valence electrons. The molecule has 0 aromatic heterocycles. The first kappa shape index (κ1) is 22.4. The summed E-state index contributed by atoms with van der Waals surface area (Å²) >= 11 is 1.03. The predicted octanol–water partition coefficient (Wildman–Crippen LogP) is 4.92. The van der Waals surface area contributed by atoms with E-state index in [-0.39, 0.29) is 18.1 Å². The fraction of sp³-hybridized carbons (Fsp3) is 0.200. The van der Waals surface area contributed by atoms with Crippen molar-refractivity contribution in [2.75, 3.05) is 14.2 Å². The van der Waals surface area contributed by atoms with E-state index in [2.05, 4.69) is 0 Å². The van der Waals surface area contributed by atoms with E-state index in [9.17, 15) is 9.59 Å². The van der Waals surface area contributed by atoms with Crippen molar-refractivity contribution in [1.82, 2.24) is 0 Å². The molecule has 1 unspecified atom stereocenters. The lowest BCUT2D eigenvalue weighted by atomic mass is 10.0. The summed E-state index contributed by atoms with van der Waals surface area (Å²) in [5.41, 5.74) is 1.72. The first-order valence-electron chi connectivity index (χ1n) is 9.78. The number of methoxy groups -OCH3 is 2. The Morgan fingerprint density at radius 2 is 1.35 bits per heavy atom. The number of hydrogen-bond acceptors (Lipinski definition) is 6. The summed E-state index contributed by atoms with van der Waals surface area (Å²) in [6.07, 6.45) is 0.282. The van der Waals surface area contributed by atoms with E-state index in [1.165, 1.54) is 0 Å². The summed E-state index contributed by atoms with van der Waals surface area (Å²) in [5.74, 6) is -0.0157. The zero-order valence-electron chi connectivity index (χ0n) is 17.4. The third kappa shape index (κ3) is 6.62. The van der Waals surface area contributed by atoms with Gasteiger partial charge in [0.05, 0.1) is 14.2 Å². The molecule has 0 aliphatic heterocycles. The van der Waals surface area contributed by atoms with E-state index in [0.29, 0.717) is 5.75 Å². The smallest absolute Gasteiger partial charge is 0.318 e. The highest BCUT2D eigenvalue weighted by atomic mass is 32.2. The number of carbonyl (C=O) groups excluding carboxylic acids is 2. The molecule has 5 nitrogen and oxygen atoms in total. The number of ether oxygens (including phenoxy) is 3. The van der Waals surface area contributed by atoms with Crippen LogP contribution in [0.1, 0.15) is 11.1 Å². The van der Waals surface area contributed by atoms with Crippen LogP contribution in [0.25, 0.3) is 0 Å². The second-order valence-corrected chi connectivity index (χ2v) is 7.87. The molecule has 3 aromatic rings. The lowest BCUT2D eigenvalue weighted by Gasteiger charge is -2.15. The third-order valence-corrected chi connectivity index (χ3v) is 5.66. The van der Waals surface area contributed by atoms with Gasteiger partial charge in [0, 0.05) is 4.90 Å². The maximum atomic E-state index is 13.0. The highest BCUT2D eigenvalue weighted by Gasteiger charge is 2.29. The van der Waals surface area contributed by atoms with Gasteiger partial charge in [-0.2, -0.15) is 0 Å². The van der Waals surface area contributed by atoms with Crippen molar-refractivity contribution < 1.29 is 23.8 Å². The van der Waals surface area contributed by atoms with Gasteiger partial charge in [0.25, 0.3) is 0 Å². The van der Waals surface area contributed by atoms with Gasteiger partial charge in [-0.15, -0.1) is 0 Å². The van der Waals surface area contributed by atoms with Crippen LogP contribution >= 0.6 is 11.8 Å². The van der Waals surface area contributed by atoms with E-state index >= 15 is 0 Å². The molecule has 6 heteroatoms. The molecule has 0 spiro atoms. The lowest BCUT2D eigenvalue weighted by Crippen LogP contribution is -2.26.